The summed E-state index contributed by atoms with van der Waals surface area (Å²) >= 11 is 0. The monoisotopic (exact) mass is 640 g/mol. The molecule has 4 saturated heterocycles. The predicted molar refractivity (Wildman–Crippen MR) is 174 cm³/mol. The van der Waals surface area contributed by atoms with Gasteiger partial charge in [0, 0.05) is 24.9 Å². The Morgan fingerprint density at radius 2 is 1.67 bits per heavy atom. The Bertz CT molecular complexity index is 1240. The zero-order chi connectivity index (χ0) is 32.4. The first-order valence-electron chi connectivity index (χ1n) is 18.9. The lowest BCUT2D eigenvalue weighted by Crippen LogP contribution is -2.58. The molecule has 0 aromatic heterocycles. The van der Waals surface area contributed by atoms with E-state index in [1.807, 2.05) is 0 Å². The van der Waals surface area contributed by atoms with Gasteiger partial charge in [0.05, 0.1) is 17.8 Å². The third-order valence-electron chi connectivity index (χ3n) is 16.1. The van der Waals surface area contributed by atoms with Gasteiger partial charge < -0.3 is 29.5 Å². The van der Waals surface area contributed by atoms with Crippen LogP contribution in [0.15, 0.2) is 0 Å². The largest absolute Gasteiger partial charge is 0.457 e. The van der Waals surface area contributed by atoms with Crippen molar-refractivity contribution in [1.82, 2.24) is 10.2 Å². The predicted octanol–water partition coefficient (Wildman–Crippen LogP) is 6.08. The van der Waals surface area contributed by atoms with Gasteiger partial charge in [0.1, 0.15) is 6.10 Å². The molecule has 9 rings (SSSR count). The van der Waals surface area contributed by atoms with E-state index in [9.17, 15) is 14.7 Å². The molecule has 5 saturated carbocycles. The smallest absolute Gasteiger partial charge is 0.407 e. The number of esters is 1. The number of carbonyl (C=O) groups is 2. The fourth-order valence-corrected chi connectivity index (χ4v) is 14.0. The number of nitrogens with one attached hydrogen (secondary N) is 1. The summed E-state index contributed by atoms with van der Waals surface area (Å²) in [7, 11) is 0. The standard InChI is InChI=1S/C38H60N2O6/c1-22(41)44-32(35(4,5)43)28-9-7-25-29(45-28)19-26-24-8-10-30-34(2,3)31(11-14-38(30)21-37(24,38)16-15-36(25,26)6)46-33(42)39-27-20-40-17-12-23(27)13-18-40/h23-32,43H,7-21H2,1-6H3,(H,39,42)/t24?,25?,26?,27?,28?,29?,30?,31-,32-,36?,37-,38?/m0/s1. The van der Waals surface area contributed by atoms with Crippen LogP contribution in [0.4, 0.5) is 4.79 Å². The molecule has 8 heteroatoms. The first kappa shape index (κ1) is 31.9. The number of alkyl carbamates (subject to hydrolysis) is 1. The van der Waals surface area contributed by atoms with Crippen LogP contribution in [0.5, 0.6) is 0 Å². The fourth-order valence-electron chi connectivity index (χ4n) is 14.0. The Balaban J connectivity index is 0.954. The molecule has 4 aliphatic heterocycles. The molecule has 2 spiro atoms. The Morgan fingerprint density at radius 1 is 0.935 bits per heavy atom. The number of hydrogen-bond acceptors (Lipinski definition) is 7. The van der Waals surface area contributed by atoms with E-state index in [0.717, 1.165) is 38.1 Å². The Morgan fingerprint density at radius 3 is 2.35 bits per heavy atom. The highest BCUT2D eigenvalue weighted by Crippen LogP contribution is 2.87. The number of nitrogens with zero attached hydrogens (tertiary/aromatic N) is 1. The number of ether oxygens (including phenoxy) is 3. The van der Waals surface area contributed by atoms with E-state index in [2.05, 4.69) is 31.0 Å². The van der Waals surface area contributed by atoms with Gasteiger partial charge in [-0.05, 0) is 150 Å². The quantitative estimate of drug-likeness (QED) is 0.352. The van der Waals surface area contributed by atoms with Crippen LogP contribution in [0.2, 0.25) is 0 Å². The fraction of sp³-hybridized carbons (Fsp3) is 0.947. The lowest BCUT2D eigenvalue weighted by atomic mass is 9.46. The summed E-state index contributed by atoms with van der Waals surface area (Å²) in [5.41, 5.74) is -0.0590. The highest BCUT2D eigenvalue weighted by molar-refractivity contribution is 5.68. The summed E-state index contributed by atoms with van der Waals surface area (Å²) < 4.78 is 18.9. The third-order valence-corrected chi connectivity index (χ3v) is 16.1. The van der Waals surface area contributed by atoms with Crippen LogP contribution >= 0.6 is 0 Å². The van der Waals surface area contributed by atoms with Crippen LogP contribution in [0, 0.1) is 51.2 Å². The second kappa shape index (κ2) is 10.6. The molecule has 5 aliphatic carbocycles. The number of fused-ring (bicyclic) bond motifs is 7. The maximum absolute atomic E-state index is 13.3. The van der Waals surface area contributed by atoms with Gasteiger partial charge in [-0.2, -0.15) is 0 Å². The minimum absolute atomic E-state index is 0.0205. The van der Waals surface area contributed by atoms with Gasteiger partial charge in [0.2, 0.25) is 0 Å². The van der Waals surface area contributed by atoms with Crippen molar-refractivity contribution in [2.45, 2.75) is 155 Å². The van der Waals surface area contributed by atoms with Crippen molar-refractivity contribution in [3.63, 3.8) is 0 Å². The normalized spacial score (nSPS) is 50.5. The van der Waals surface area contributed by atoms with Gasteiger partial charge >= 0.3 is 12.1 Å². The summed E-state index contributed by atoms with van der Waals surface area (Å²) in [5, 5.41) is 14.2. The summed E-state index contributed by atoms with van der Waals surface area (Å²) in [5.74, 6) is 2.78. The number of hydrogen-bond donors (Lipinski definition) is 2. The van der Waals surface area contributed by atoms with Crippen LogP contribution < -0.4 is 5.32 Å². The van der Waals surface area contributed by atoms with Crippen molar-refractivity contribution in [1.29, 1.82) is 0 Å². The van der Waals surface area contributed by atoms with Gasteiger partial charge in [-0.3, -0.25) is 4.79 Å². The minimum atomic E-state index is -1.15. The molecular formula is C38H60N2O6. The lowest BCUT2D eigenvalue weighted by molar-refractivity contribution is -0.200. The van der Waals surface area contributed by atoms with E-state index in [4.69, 9.17) is 14.2 Å². The molecule has 0 radical (unpaired) electrons. The number of amides is 1. The maximum Gasteiger partial charge on any atom is 0.407 e. The molecule has 9 unspecified atom stereocenters. The summed E-state index contributed by atoms with van der Waals surface area (Å²) in [6.07, 6.45) is 13.1. The van der Waals surface area contributed by atoms with Crippen molar-refractivity contribution >= 4 is 12.1 Å². The average Bonchev–Trinajstić information content (AvgIpc) is 3.57. The van der Waals surface area contributed by atoms with Gasteiger partial charge in [-0.1, -0.05) is 20.8 Å². The first-order chi connectivity index (χ1) is 21.7. The first-order valence-corrected chi connectivity index (χ1v) is 18.9. The number of carbonyl (C=O) groups excluding carboxylic acids is 2. The molecule has 9 fully saturated rings. The van der Waals surface area contributed by atoms with E-state index in [0.29, 0.717) is 34.5 Å². The number of aliphatic hydroxyl groups is 1. The molecule has 8 nitrogen and oxygen atoms in total. The Labute approximate surface area is 276 Å². The van der Waals surface area contributed by atoms with Crippen LogP contribution in [0.1, 0.15) is 119 Å². The zero-order valence-corrected chi connectivity index (χ0v) is 29.3. The second-order valence-corrected chi connectivity index (χ2v) is 18.8. The van der Waals surface area contributed by atoms with Crippen LogP contribution in [0.25, 0.3) is 0 Å². The molecule has 2 N–H and O–H groups in total. The van der Waals surface area contributed by atoms with Crippen molar-refractivity contribution in [3.05, 3.63) is 0 Å². The molecule has 1 amide bonds. The highest BCUT2D eigenvalue weighted by Gasteiger charge is 2.81. The molecule has 258 valence electrons. The average molecular weight is 641 g/mol. The molecule has 12 atom stereocenters. The van der Waals surface area contributed by atoms with Crippen LogP contribution in [0.3, 0.4) is 0 Å². The number of rotatable bonds is 5. The second-order valence-electron chi connectivity index (χ2n) is 18.8. The summed E-state index contributed by atoms with van der Waals surface area (Å²) in [6.45, 7) is 15.6. The van der Waals surface area contributed by atoms with E-state index in [-0.39, 0.29) is 47.2 Å². The zero-order valence-electron chi connectivity index (χ0n) is 29.3. The van der Waals surface area contributed by atoms with Gasteiger partial charge in [0.15, 0.2) is 6.10 Å². The number of piperidine rings is 3. The van der Waals surface area contributed by atoms with Gasteiger partial charge in [-0.25, -0.2) is 4.79 Å². The highest BCUT2D eigenvalue weighted by atomic mass is 16.6. The molecule has 46 heavy (non-hydrogen) atoms. The molecule has 4 heterocycles. The van der Waals surface area contributed by atoms with E-state index in [1.54, 1.807) is 13.8 Å². The molecule has 2 bridgehead atoms. The van der Waals surface area contributed by atoms with Crippen molar-refractivity contribution < 1.29 is 28.9 Å². The minimum Gasteiger partial charge on any atom is -0.457 e. The maximum atomic E-state index is 13.3. The molecule has 0 aromatic rings. The molecular weight excluding hydrogens is 580 g/mol. The van der Waals surface area contributed by atoms with Crippen LogP contribution in [-0.2, 0) is 19.0 Å². The summed E-state index contributed by atoms with van der Waals surface area (Å²) in [6, 6.07) is 0.240. The molecule has 0 aromatic carbocycles. The van der Waals surface area contributed by atoms with E-state index >= 15 is 0 Å². The van der Waals surface area contributed by atoms with Crippen molar-refractivity contribution in [2.24, 2.45) is 51.2 Å². The van der Waals surface area contributed by atoms with Crippen LogP contribution in [-0.4, -0.2) is 77.8 Å². The Kier molecular flexibility index (Phi) is 7.31. The third kappa shape index (κ3) is 4.60. The van der Waals surface area contributed by atoms with E-state index in [1.165, 1.54) is 71.4 Å². The lowest BCUT2D eigenvalue weighted by Gasteiger charge is -2.59. The Hall–Kier alpha value is -1.38. The molecule has 9 aliphatic rings. The topological polar surface area (TPSA) is 97.3 Å². The van der Waals surface area contributed by atoms with E-state index < -0.39 is 11.7 Å². The summed E-state index contributed by atoms with van der Waals surface area (Å²) in [4.78, 5) is 27.7. The van der Waals surface area contributed by atoms with Gasteiger partial charge in [0.25, 0.3) is 0 Å². The SMILES string of the molecule is CC(=O)O[C@@H](C1CCC2C(CC3C4CCC5C(C)(C)[C@@H](OC(=O)NC6CN7CCC6CC7)CCC56C[C@@]46CCC23C)O1)C(C)(C)O. The van der Waals surface area contributed by atoms with Crippen molar-refractivity contribution in [3.8, 4) is 0 Å². The van der Waals surface area contributed by atoms with Crippen molar-refractivity contribution in [2.75, 3.05) is 19.6 Å². The van der Waals surface area contributed by atoms with Gasteiger partial charge in [-0.15, -0.1) is 0 Å².